The van der Waals surface area contributed by atoms with E-state index in [0.717, 1.165) is 33.9 Å². The topological polar surface area (TPSA) is 82.5 Å². The van der Waals surface area contributed by atoms with Gasteiger partial charge in [-0.1, -0.05) is 48.5 Å². The van der Waals surface area contributed by atoms with Crippen molar-refractivity contribution in [1.82, 2.24) is 15.2 Å². The Bertz CT molecular complexity index is 1100. The van der Waals surface area contributed by atoms with Crippen LogP contribution < -0.4 is 5.32 Å². The van der Waals surface area contributed by atoms with Gasteiger partial charge in [0.2, 0.25) is 5.91 Å². The first-order chi connectivity index (χ1) is 15.3. The number of benzene rings is 2. The van der Waals surface area contributed by atoms with E-state index in [1.165, 1.54) is 16.9 Å². The van der Waals surface area contributed by atoms with Crippen LogP contribution in [0.25, 0.3) is 11.3 Å². The number of hydrogen-bond acceptors (Lipinski definition) is 5. The molecule has 1 aliphatic carbocycles. The lowest BCUT2D eigenvalue weighted by Crippen LogP contribution is -2.43. The van der Waals surface area contributed by atoms with Crippen molar-refractivity contribution in [1.29, 1.82) is 0 Å². The van der Waals surface area contributed by atoms with E-state index in [4.69, 9.17) is 0 Å². The van der Waals surface area contributed by atoms with Crippen LogP contribution in [0.2, 0.25) is 0 Å². The number of fused-ring (bicyclic) bond motifs is 1. The third-order valence-corrected chi connectivity index (χ3v) is 6.70. The van der Waals surface area contributed by atoms with Crippen LogP contribution in [-0.4, -0.2) is 41.0 Å². The molecule has 2 aromatic carbocycles. The minimum absolute atomic E-state index is 0.185. The molecule has 4 rings (SSSR count). The summed E-state index contributed by atoms with van der Waals surface area (Å²) in [5, 5.41) is 15.2. The van der Waals surface area contributed by atoms with E-state index < -0.39 is 11.4 Å². The number of hydrogen-bond donors (Lipinski definition) is 2. The molecular weight excluding hydrogens is 422 g/mol. The van der Waals surface area contributed by atoms with Crippen LogP contribution in [0, 0.1) is 5.41 Å². The summed E-state index contributed by atoms with van der Waals surface area (Å²) in [5.41, 5.74) is 4.32. The third-order valence-electron chi connectivity index (χ3n) is 5.85. The fraction of sp³-hybridized carbons (Fsp3) is 0.320. The van der Waals surface area contributed by atoms with Crippen LogP contribution in [0.3, 0.4) is 0 Å². The van der Waals surface area contributed by atoms with Crippen molar-refractivity contribution < 1.29 is 14.7 Å². The average molecular weight is 450 g/mol. The van der Waals surface area contributed by atoms with Crippen molar-refractivity contribution in [2.75, 3.05) is 14.1 Å². The molecule has 6 nitrogen and oxygen atoms in total. The van der Waals surface area contributed by atoms with Gasteiger partial charge in [0.05, 0.1) is 24.1 Å². The molecule has 1 amide bonds. The highest BCUT2D eigenvalue weighted by Crippen LogP contribution is 2.40. The molecule has 0 bridgehead atoms. The minimum Gasteiger partial charge on any atom is -0.481 e. The van der Waals surface area contributed by atoms with Crippen molar-refractivity contribution >= 4 is 23.2 Å². The molecule has 0 fully saturated rings. The molecule has 1 aliphatic rings. The summed E-state index contributed by atoms with van der Waals surface area (Å²) in [5.74, 6) is -1.18. The number of thiazole rings is 1. The van der Waals surface area contributed by atoms with E-state index in [0.29, 0.717) is 19.4 Å². The minimum atomic E-state index is -0.956. The van der Waals surface area contributed by atoms with Gasteiger partial charge >= 0.3 is 5.97 Å². The van der Waals surface area contributed by atoms with Crippen molar-refractivity contribution in [2.24, 2.45) is 5.41 Å². The summed E-state index contributed by atoms with van der Waals surface area (Å²) in [7, 11) is 4.08. The molecule has 0 unspecified atom stereocenters. The van der Waals surface area contributed by atoms with E-state index in [-0.39, 0.29) is 12.3 Å². The first-order valence-electron chi connectivity index (χ1n) is 10.6. The first-order valence-corrected chi connectivity index (χ1v) is 11.5. The lowest BCUT2D eigenvalue weighted by molar-refractivity contribution is -0.145. The Morgan fingerprint density at radius 2 is 1.75 bits per heavy atom. The number of carboxylic acid groups (broad SMARTS) is 1. The van der Waals surface area contributed by atoms with Gasteiger partial charge in [0.25, 0.3) is 0 Å². The number of aliphatic carboxylic acids is 1. The van der Waals surface area contributed by atoms with E-state index in [9.17, 15) is 14.7 Å². The number of nitrogens with zero attached hydrogens (tertiary/aromatic N) is 2. The standard InChI is InChI=1S/C25H27N3O3S/c1-28(2)15-17-7-9-18(10-8-17)21-16-32-22(27-21)14-26-24(31)25(13-23(29)30)11-19-5-3-4-6-20(19)12-25/h3-10,16H,11-15H2,1-2H3,(H,26,31)(H,29,30). The predicted molar refractivity (Wildman–Crippen MR) is 125 cm³/mol. The Morgan fingerprint density at radius 1 is 1.09 bits per heavy atom. The van der Waals surface area contributed by atoms with Gasteiger partial charge in [-0.3, -0.25) is 9.59 Å². The van der Waals surface area contributed by atoms with Gasteiger partial charge < -0.3 is 15.3 Å². The van der Waals surface area contributed by atoms with E-state index in [1.54, 1.807) is 0 Å². The number of carbonyl (C=O) groups excluding carboxylic acids is 1. The molecule has 3 aromatic rings. The number of carbonyl (C=O) groups is 2. The molecule has 0 atom stereocenters. The molecule has 0 aliphatic heterocycles. The smallest absolute Gasteiger partial charge is 0.304 e. The van der Waals surface area contributed by atoms with Crippen LogP contribution in [-0.2, 0) is 35.5 Å². The zero-order valence-corrected chi connectivity index (χ0v) is 19.1. The van der Waals surface area contributed by atoms with Gasteiger partial charge in [-0.25, -0.2) is 4.98 Å². The largest absolute Gasteiger partial charge is 0.481 e. The molecule has 0 spiro atoms. The zero-order chi connectivity index (χ0) is 22.7. The number of rotatable bonds is 8. The second-order valence-corrected chi connectivity index (χ2v) is 9.66. The molecule has 7 heteroatoms. The number of amides is 1. The molecule has 0 saturated heterocycles. The van der Waals surface area contributed by atoms with Crippen LogP contribution in [0.5, 0.6) is 0 Å². The fourth-order valence-corrected chi connectivity index (χ4v) is 5.11. The third kappa shape index (κ3) is 4.89. The van der Waals surface area contributed by atoms with Gasteiger partial charge in [0.1, 0.15) is 5.01 Å². The van der Waals surface area contributed by atoms with Crippen molar-refractivity contribution in [3.8, 4) is 11.3 Å². The second kappa shape index (κ2) is 9.22. The van der Waals surface area contributed by atoms with Crippen LogP contribution in [0.15, 0.2) is 53.9 Å². The lowest BCUT2D eigenvalue weighted by atomic mass is 9.80. The zero-order valence-electron chi connectivity index (χ0n) is 18.3. The van der Waals surface area contributed by atoms with Gasteiger partial charge in [-0.15, -0.1) is 11.3 Å². The summed E-state index contributed by atoms with van der Waals surface area (Å²) in [6.45, 7) is 1.18. The molecule has 0 radical (unpaired) electrons. The first kappa shape index (κ1) is 22.2. The predicted octanol–water partition coefficient (Wildman–Crippen LogP) is 3.75. The molecular formula is C25H27N3O3S. The Morgan fingerprint density at radius 3 is 2.34 bits per heavy atom. The van der Waals surface area contributed by atoms with Gasteiger partial charge in [-0.2, -0.15) is 0 Å². The average Bonchev–Trinajstić information content (AvgIpc) is 3.36. The number of aromatic nitrogens is 1. The SMILES string of the molecule is CN(C)Cc1ccc(-c2csc(CNC(=O)C3(CC(=O)O)Cc4ccccc4C3)n2)cc1. The summed E-state index contributed by atoms with van der Waals surface area (Å²) in [6, 6.07) is 16.1. The highest BCUT2D eigenvalue weighted by Gasteiger charge is 2.45. The van der Waals surface area contributed by atoms with Crippen molar-refractivity contribution in [3.05, 3.63) is 75.6 Å². The lowest BCUT2D eigenvalue weighted by Gasteiger charge is -2.25. The van der Waals surface area contributed by atoms with Crippen LogP contribution in [0.1, 0.15) is 28.1 Å². The summed E-state index contributed by atoms with van der Waals surface area (Å²) < 4.78 is 0. The van der Waals surface area contributed by atoms with Crippen LogP contribution >= 0.6 is 11.3 Å². The summed E-state index contributed by atoms with van der Waals surface area (Å²) in [6.07, 6.45) is 0.712. The Balaban J connectivity index is 1.42. The van der Waals surface area contributed by atoms with Crippen molar-refractivity contribution in [2.45, 2.75) is 32.4 Å². The maximum Gasteiger partial charge on any atom is 0.304 e. The molecule has 1 aromatic heterocycles. The molecule has 2 N–H and O–H groups in total. The van der Waals surface area contributed by atoms with Crippen LogP contribution in [0.4, 0.5) is 0 Å². The molecule has 166 valence electrons. The monoisotopic (exact) mass is 449 g/mol. The normalized spacial score (nSPS) is 14.3. The maximum absolute atomic E-state index is 13.1. The molecule has 1 heterocycles. The van der Waals surface area contributed by atoms with Gasteiger partial charge in [0.15, 0.2) is 0 Å². The Hall–Kier alpha value is -3.03. The Kier molecular flexibility index (Phi) is 6.39. The van der Waals surface area contributed by atoms with E-state index in [1.807, 2.05) is 43.7 Å². The highest BCUT2D eigenvalue weighted by molar-refractivity contribution is 7.09. The van der Waals surface area contributed by atoms with E-state index in [2.05, 4.69) is 39.5 Å². The van der Waals surface area contributed by atoms with Gasteiger partial charge in [0, 0.05) is 17.5 Å². The molecule has 0 saturated carbocycles. The number of carboxylic acids is 1. The Labute approximate surface area is 191 Å². The molecule has 32 heavy (non-hydrogen) atoms. The summed E-state index contributed by atoms with van der Waals surface area (Å²) >= 11 is 1.49. The van der Waals surface area contributed by atoms with Crippen molar-refractivity contribution in [3.63, 3.8) is 0 Å². The fourth-order valence-electron chi connectivity index (χ4n) is 4.36. The van der Waals surface area contributed by atoms with E-state index >= 15 is 0 Å². The maximum atomic E-state index is 13.1. The summed E-state index contributed by atoms with van der Waals surface area (Å²) in [4.78, 5) is 31.5. The highest BCUT2D eigenvalue weighted by atomic mass is 32.1. The second-order valence-electron chi connectivity index (χ2n) is 8.72. The quantitative estimate of drug-likeness (QED) is 0.547. The number of nitrogens with one attached hydrogen (secondary N) is 1. The van der Waals surface area contributed by atoms with Gasteiger partial charge in [-0.05, 0) is 43.6 Å².